The molecule has 1 atom stereocenters. The second-order valence-electron chi connectivity index (χ2n) is 3.74. The maximum atomic E-state index is 12.9. The van der Waals surface area contributed by atoms with Crippen molar-refractivity contribution >= 4 is 15.9 Å². The molecule has 1 aliphatic rings. The fourth-order valence-electron chi connectivity index (χ4n) is 1.70. The third kappa shape index (κ3) is 2.44. The summed E-state index contributed by atoms with van der Waals surface area (Å²) in [5.41, 5.74) is 6.92. The maximum absolute atomic E-state index is 12.9. The topological polar surface area (TPSA) is 35.2 Å². The third-order valence-electron chi connectivity index (χ3n) is 2.57. The Labute approximate surface area is 102 Å². The molecule has 1 aromatic rings. The van der Waals surface area contributed by atoms with Gasteiger partial charge >= 0.3 is 0 Å². The first-order valence-electron chi connectivity index (χ1n) is 5.22. The van der Waals surface area contributed by atoms with E-state index in [4.69, 9.17) is 10.5 Å². The summed E-state index contributed by atoms with van der Waals surface area (Å²) in [6.45, 7) is 0.707. The zero-order valence-electron chi connectivity index (χ0n) is 8.75. The van der Waals surface area contributed by atoms with E-state index in [1.54, 1.807) is 6.07 Å². The summed E-state index contributed by atoms with van der Waals surface area (Å²) in [5, 5.41) is 0. The van der Waals surface area contributed by atoms with E-state index in [1.807, 2.05) is 6.08 Å². The van der Waals surface area contributed by atoms with Crippen molar-refractivity contribution in [3.63, 3.8) is 0 Å². The molecule has 0 saturated heterocycles. The molecule has 0 aromatic heterocycles. The van der Waals surface area contributed by atoms with Gasteiger partial charge in [0, 0.05) is 4.47 Å². The largest absolute Gasteiger partial charge is 0.496 e. The van der Waals surface area contributed by atoms with Crippen LogP contribution < -0.4 is 5.73 Å². The molecule has 16 heavy (non-hydrogen) atoms. The molecule has 0 spiro atoms. The smallest absolute Gasteiger partial charge is 0.124 e. The van der Waals surface area contributed by atoms with E-state index in [0.29, 0.717) is 11.1 Å². The molecule has 0 aliphatic carbocycles. The minimum atomic E-state index is -0.324. The van der Waals surface area contributed by atoms with E-state index >= 15 is 0 Å². The molecule has 1 aromatic carbocycles. The Morgan fingerprint density at radius 2 is 2.25 bits per heavy atom. The molecule has 2 rings (SSSR count). The number of nitrogens with two attached hydrogens (primary N) is 1. The quantitative estimate of drug-likeness (QED) is 0.905. The van der Waals surface area contributed by atoms with Crippen LogP contribution in [0.4, 0.5) is 4.39 Å². The Balaban J connectivity index is 2.26. The summed E-state index contributed by atoms with van der Waals surface area (Å²) in [4.78, 5) is 0. The average molecular weight is 286 g/mol. The molecule has 2 N–H and O–H groups in total. The fraction of sp³-hybridized carbons (Fsp3) is 0.333. The van der Waals surface area contributed by atoms with E-state index in [1.165, 1.54) is 12.1 Å². The van der Waals surface area contributed by atoms with Crippen LogP contribution in [-0.4, -0.2) is 6.61 Å². The number of halogens is 2. The van der Waals surface area contributed by atoms with Gasteiger partial charge in [-0.2, -0.15) is 0 Å². The Morgan fingerprint density at radius 1 is 1.44 bits per heavy atom. The predicted molar refractivity (Wildman–Crippen MR) is 64.3 cm³/mol. The SMILES string of the molecule is NC(C1=CCCCO1)c1ccc(F)cc1Br. The van der Waals surface area contributed by atoms with Crippen LogP contribution in [0.2, 0.25) is 0 Å². The lowest BCUT2D eigenvalue weighted by atomic mass is 10.0. The van der Waals surface area contributed by atoms with Crippen molar-refractivity contribution < 1.29 is 9.13 Å². The molecule has 86 valence electrons. The third-order valence-corrected chi connectivity index (χ3v) is 3.25. The molecular weight excluding hydrogens is 273 g/mol. The lowest BCUT2D eigenvalue weighted by molar-refractivity contribution is 0.175. The molecule has 1 heterocycles. The van der Waals surface area contributed by atoms with Crippen molar-refractivity contribution in [3.8, 4) is 0 Å². The monoisotopic (exact) mass is 285 g/mol. The van der Waals surface area contributed by atoms with Crippen LogP contribution in [0.3, 0.4) is 0 Å². The first-order valence-corrected chi connectivity index (χ1v) is 6.01. The van der Waals surface area contributed by atoms with Gasteiger partial charge in [0.1, 0.15) is 11.6 Å². The molecule has 0 amide bonds. The summed E-state index contributed by atoms with van der Waals surface area (Å²) in [6, 6.07) is 4.18. The summed E-state index contributed by atoms with van der Waals surface area (Å²) < 4.78 is 19.1. The van der Waals surface area contributed by atoms with Gasteiger partial charge in [0.15, 0.2) is 0 Å². The summed E-state index contributed by atoms with van der Waals surface area (Å²) in [6.07, 6.45) is 4.02. The van der Waals surface area contributed by atoms with Gasteiger partial charge < -0.3 is 10.5 Å². The zero-order valence-corrected chi connectivity index (χ0v) is 10.3. The van der Waals surface area contributed by atoms with Gasteiger partial charge in [-0.1, -0.05) is 22.0 Å². The van der Waals surface area contributed by atoms with E-state index in [2.05, 4.69) is 15.9 Å². The molecular formula is C12H13BrFNO. The minimum absolute atomic E-state index is 0.277. The first-order chi connectivity index (χ1) is 7.68. The molecule has 2 nitrogen and oxygen atoms in total. The number of rotatable bonds is 2. The van der Waals surface area contributed by atoms with Gasteiger partial charge in [0.05, 0.1) is 12.6 Å². The van der Waals surface area contributed by atoms with E-state index in [9.17, 15) is 4.39 Å². The Kier molecular flexibility index (Phi) is 3.61. The molecule has 0 fully saturated rings. The fourth-order valence-corrected chi connectivity index (χ4v) is 2.30. The van der Waals surface area contributed by atoms with Crippen LogP contribution in [0.1, 0.15) is 24.4 Å². The zero-order chi connectivity index (χ0) is 11.5. The highest BCUT2D eigenvalue weighted by atomic mass is 79.9. The average Bonchev–Trinajstić information content (AvgIpc) is 2.29. The number of benzene rings is 1. The van der Waals surface area contributed by atoms with Gasteiger partial charge in [-0.25, -0.2) is 4.39 Å². The summed E-state index contributed by atoms with van der Waals surface area (Å²) in [7, 11) is 0. The highest BCUT2D eigenvalue weighted by Gasteiger charge is 2.18. The van der Waals surface area contributed by atoms with Crippen LogP contribution in [0.5, 0.6) is 0 Å². The predicted octanol–water partition coefficient (Wildman–Crippen LogP) is 3.28. The van der Waals surface area contributed by atoms with Gasteiger partial charge in [-0.15, -0.1) is 0 Å². The number of allylic oxidation sites excluding steroid dienone is 1. The van der Waals surface area contributed by atoms with E-state index in [-0.39, 0.29) is 11.9 Å². The van der Waals surface area contributed by atoms with Crippen molar-refractivity contribution in [1.82, 2.24) is 0 Å². The molecule has 0 bridgehead atoms. The molecule has 0 radical (unpaired) electrons. The standard InChI is InChI=1S/C12H13BrFNO/c13-10-7-8(14)4-5-9(10)12(15)11-3-1-2-6-16-11/h3-5,7,12H,1-2,6,15H2. The number of hydrogen-bond donors (Lipinski definition) is 1. The van der Waals surface area contributed by atoms with E-state index in [0.717, 1.165) is 24.2 Å². The van der Waals surface area contributed by atoms with Crippen LogP contribution in [0, 0.1) is 5.82 Å². The van der Waals surface area contributed by atoms with Crippen LogP contribution in [0.25, 0.3) is 0 Å². The van der Waals surface area contributed by atoms with Crippen molar-refractivity contribution in [2.24, 2.45) is 5.73 Å². The normalized spacial score (nSPS) is 17.6. The van der Waals surface area contributed by atoms with Gasteiger partial charge in [0.25, 0.3) is 0 Å². The van der Waals surface area contributed by atoms with Crippen molar-refractivity contribution in [3.05, 3.63) is 45.9 Å². The number of hydrogen-bond acceptors (Lipinski definition) is 2. The van der Waals surface area contributed by atoms with Crippen molar-refractivity contribution in [2.45, 2.75) is 18.9 Å². The molecule has 0 saturated carbocycles. The molecule has 1 aliphatic heterocycles. The Bertz CT molecular complexity index is 419. The Hall–Kier alpha value is -0.870. The van der Waals surface area contributed by atoms with Crippen LogP contribution >= 0.6 is 15.9 Å². The first kappa shape index (κ1) is 11.6. The minimum Gasteiger partial charge on any atom is -0.496 e. The Morgan fingerprint density at radius 3 is 2.88 bits per heavy atom. The van der Waals surface area contributed by atoms with Crippen LogP contribution in [-0.2, 0) is 4.74 Å². The van der Waals surface area contributed by atoms with Gasteiger partial charge in [-0.05, 0) is 36.6 Å². The van der Waals surface area contributed by atoms with Crippen molar-refractivity contribution in [1.29, 1.82) is 0 Å². The maximum Gasteiger partial charge on any atom is 0.124 e. The second-order valence-corrected chi connectivity index (χ2v) is 4.60. The highest BCUT2D eigenvalue weighted by molar-refractivity contribution is 9.10. The molecule has 1 unspecified atom stereocenters. The van der Waals surface area contributed by atoms with Crippen molar-refractivity contribution in [2.75, 3.05) is 6.61 Å². The summed E-state index contributed by atoms with van der Waals surface area (Å²) in [5.74, 6) is 0.500. The van der Waals surface area contributed by atoms with Crippen LogP contribution in [0.15, 0.2) is 34.5 Å². The van der Waals surface area contributed by atoms with Gasteiger partial charge in [0.2, 0.25) is 0 Å². The lowest BCUT2D eigenvalue weighted by Gasteiger charge is -2.21. The second kappa shape index (κ2) is 4.97. The number of ether oxygens (including phenoxy) is 1. The lowest BCUT2D eigenvalue weighted by Crippen LogP contribution is -2.18. The molecule has 4 heteroatoms. The van der Waals surface area contributed by atoms with E-state index < -0.39 is 0 Å². The highest BCUT2D eigenvalue weighted by Crippen LogP contribution is 2.29. The van der Waals surface area contributed by atoms with Gasteiger partial charge in [-0.3, -0.25) is 0 Å². The summed E-state index contributed by atoms with van der Waals surface area (Å²) >= 11 is 3.31.